The topological polar surface area (TPSA) is 54.0 Å². The largest absolute Gasteiger partial charge is 0.428 e. The van der Waals surface area contributed by atoms with Crippen molar-refractivity contribution in [2.45, 2.75) is 12.6 Å². The zero-order chi connectivity index (χ0) is 8.27. The Labute approximate surface area is 64.2 Å². The van der Waals surface area contributed by atoms with Gasteiger partial charge in [-0.05, 0) is 0 Å². The average Bonchev–Trinajstić information content (AvgIpc) is 2.04. The van der Waals surface area contributed by atoms with E-state index < -0.39 is 18.5 Å². The number of hydrogen-bond acceptors (Lipinski definition) is 5. The van der Waals surface area contributed by atoms with Gasteiger partial charge in [-0.25, -0.2) is 4.79 Å². The van der Waals surface area contributed by atoms with E-state index in [-0.39, 0.29) is 6.61 Å². The van der Waals surface area contributed by atoms with Crippen molar-refractivity contribution >= 4 is 5.97 Å². The maximum Gasteiger partial charge on any atom is 0.334 e. The fourth-order valence-electron chi connectivity index (χ4n) is 0.786. The van der Waals surface area contributed by atoms with Gasteiger partial charge in [0.1, 0.15) is 6.61 Å². The number of hydrogen-bond donors (Lipinski definition) is 0. The third kappa shape index (κ3) is 1.89. The van der Waals surface area contributed by atoms with Crippen LogP contribution >= 0.6 is 0 Å². The van der Waals surface area contributed by atoms with E-state index in [0.717, 1.165) is 0 Å². The molecule has 1 rings (SSSR count). The number of carbonyl (C=O) groups excluding carboxylic acids is 1. The van der Waals surface area contributed by atoms with Crippen LogP contribution in [0.25, 0.3) is 0 Å². The highest BCUT2D eigenvalue weighted by molar-refractivity contribution is 5.71. The summed E-state index contributed by atoms with van der Waals surface area (Å²) in [5.74, 6) is -0.440. The quantitative estimate of drug-likeness (QED) is 0.512. The van der Waals surface area contributed by atoms with E-state index in [9.17, 15) is 4.79 Å². The molecule has 1 fully saturated rings. The zero-order valence-electron chi connectivity index (χ0n) is 6.40. The van der Waals surface area contributed by atoms with E-state index in [1.54, 1.807) is 0 Å². The Morgan fingerprint density at radius 1 is 1.36 bits per heavy atom. The van der Waals surface area contributed by atoms with Crippen molar-refractivity contribution < 1.29 is 23.7 Å². The molecule has 5 heteroatoms. The summed E-state index contributed by atoms with van der Waals surface area (Å²) in [5.41, 5.74) is 0. The molecule has 0 bridgehead atoms. The minimum atomic E-state index is -0.749. The summed E-state index contributed by atoms with van der Waals surface area (Å²) in [6, 6.07) is 0. The molecule has 1 aliphatic heterocycles. The maximum atomic E-state index is 10.6. The minimum absolute atomic E-state index is 0.0850. The normalized spacial score (nSPS) is 31.6. The van der Waals surface area contributed by atoms with Crippen LogP contribution in [0, 0.1) is 0 Å². The van der Waals surface area contributed by atoms with E-state index in [1.165, 1.54) is 14.2 Å². The molecule has 1 aliphatic rings. The Balaban J connectivity index is 2.48. The van der Waals surface area contributed by atoms with Gasteiger partial charge in [-0.1, -0.05) is 0 Å². The molecule has 1 unspecified atom stereocenters. The van der Waals surface area contributed by atoms with Gasteiger partial charge in [0.05, 0.1) is 0 Å². The molecular weight excluding hydrogens is 152 g/mol. The van der Waals surface area contributed by atoms with Crippen LogP contribution in [0.5, 0.6) is 0 Å². The summed E-state index contributed by atoms with van der Waals surface area (Å²) in [5, 5.41) is 0. The van der Waals surface area contributed by atoms with Gasteiger partial charge in [0.25, 0.3) is 6.29 Å². The van der Waals surface area contributed by atoms with Gasteiger partial charge in [0.15, 0.2) is 0 Å². The molecule has 5 nitrogen and oxygen atoms in total. The summed E-state index contributed by atoms with van der Waals surface area (Å²) in [6.07, 6.45) is -1.36. The van der Waals surface area contributed by atoms with Crippen molar-refractivity contribution in [1.29, 1.82) is 0 Å². The molecule has 1 saturated heterocycles. The SMILES string of the molecule is COC1OCC(=O)O[C@H]1OC. The van der Waals surface area contributed by atoms with Crippen LogP contribution < -0.4 is 0 Å². The summed E-state index contributed by atoms with van der Waals surface area (Å²) in [6.45, 7) is -0.0850. The molecule has 64 valence electrons. The van der Waals surface area contributed by atoms with Gasteiger partial charge in [-0.15, -0.1) is 0 Å². The van der Waals surface area contributed by atoms with Crippen molar-refractivity contribution in [3.05, 3.63) is 0 Å². The number of rotatable bonds is 2. The van der Waals surface area contributed by atoms with Crippen LogP contribution in [0.15, 0.2) is 0 Å². The van der Waals surface area contributed by atoms with Crippen molar-refractivity contribution in [1.82, 2.24) is 0 Å². The zero-order valence-corrected chi connectivity index (χ0v) is 6.40. The van der Waals surface area contributed by atoms with Crippen molar-refractivity contribution in [3.63, 3.8) is 0 Å². The van der Waals surface area contributed by atoms with Crippen LogP contribution in [0.1, 0.15) is 0 Å². The lowest BCUT2D eigenvalue weighted by Gasteiger charge is -2.28. The summed E-state index contributed by atoms with van der Waals surface area (Å²) in [7, 11) is 2.87. The first-order chi connectivity index (χ1) is 5.27. The standard InChI is InChI=1S/C6H10O5/c1-8-5-6(9-2)11-4(7)3-10-5/h5-6H,3H2,1-2H3/t5?,6-/m1/s1. The van der Waals surface area contributed by atoms with Gasteiger partial charge in [-0.2, -0.15) is 0 Å². The molecule has 0 aromatic rings. The first-order valence-corrected chi connectivity index (χ1v) is 3.14. The second-order valence-corrected chi connectivity index (χ2v) is 2.01. The lowest BCUT2D eigenvalue weighted by atomic mass is 10.5. The van der Waals surface area contributed by atoms with Crippen molar-refractivity contribution in [2.24, 2.45) is 0 Å². The van der Waals surface area contributed by atoms with Crippen LogP contribution in [-0.4, -0.2) is 39.4 Å². The summed E-state index contributed by atoms with van der Waals surface area (Å²) < 4.78 is 19.2. The van der Waals surface area contributed by atoms with E-state index in [0.29, 0.717) is 0 Å². The maximum absolute atomic E-state index is 10.6. The number of methoxy groups -OCH3 is 2. The van der Waals surface area contributed by atoms with E-state index >= 15 is 0 Å². The van der Waals surface area contributed by atoms with E-state index in [2.05, 4.69) is 0 Å². The van der Waals surface area contributed by atoms with Gasteiger partial charge in [0.2, 0.25) is 6.29 Å². The Bertz CT molecular complexity index is 146. The Kier molecular flexibility index (Phi) is 2.81. The summed E-state index contributed by atoms with van der Waals surface area (Å²) >= 11 is 0. The molecule has 0 radical (unpaired) electrons. The van der Waals surface area contributed by atoms with Crippen LogP contribution in [0.2, 0.25) is 0 Å². The molecular formula is C6H10O5. The Hall–Kier alpha value is -0.650. The fraction of sp³-hybridized carbons (Fsp3) is 0.833. The molecule has 1 heterocycles. The molecule has 11 heavy (non-hydrogen) atoms. The Morgan fingerprint density at radius 3 is 2.55 bits per heavy atom. The van der Waals surface area contributed by atoms with Gasteiger partial charge >= 0.3 is 5.97 Å². The van der Waals surface area contributed by atoms with E-state index in [1.807, 2.05) is 0 Å². The summed E-state index contributed by atoms with van der Waals surface area (Å²) in [4.78, 5) is 10.6. The Morgan fingerprint density at radius 2 is 2.00 bits per heavy atom. The predicted molar refractivity (Wildman–Crippen MR) is 33.6 cm³/mol. The lowest BCUT2D eigenvalue weighted by molar-refractivity contribution is -0.289. The highest BCUT2D eigenvalue weighted by atomic mass is 16.8. The fourth-order valence-corrected chi connectivity index (χ4v) is 0.786. The molecule has 0 aromatic carbocycles. The number of ether oxygens (including phenoxy) is 4. The number of carbonyl (C=O) groups is 1. The smallest absolute Gasteiger partial charge is 0.334 e. The molecule has 0 amide bonds. The number of esters is 1. The lowest BCUT2D eigenvalue weighted by Crippen LogP contribution is -2.43. The molecule has 0 saturated carbocycles. The molecule has 0 N–H and O–H groups in total. The van der Waals surface area contributed by atoms with Crippen LogP contribution in [0.4, 0.5) is 0 Å². The average molecular weight is 162 g/mol. The first kappa shape index (κ1) is 8.45. The van der Waals surface area contributed by atoms with Crippen molar-refractivity contribution in [3.8, 4) is 0 Å². The van der Waals surface area contributed by atoms with Gasteiger partial charge in [0, 0.05) is 14.2 Å². The second-order valence-electron chi connectivity index (χ2n) is 2.01. The van der Waals surface area contributed by atoms with Crippen LogP contribution in [0.3, 0.4) is 0 Å². The number of cyclic esters (lactones) is 1. The van der Waals surface area contributed by atoms with Crippen molar-refractivity contribution in [2.75, 3.05) is 20.8 Å². The van der Waals surface area contributed by atoms with Gasteiger partial charge in [-0.3, -0.25) is 0 Å². The molecule has 0 aromatic heterocycles. The molecule has 0 aliphatic carbocycles. The third-order valence-electron chi connectivity index (χ3n) is 1.30. The minimum Gasteiger partial charge on any atom is -0.428 e. The second kappa shape index (κ2) is 3.66. The highest BCUT2D eigenvalue weighted by Crippen LogP contribution is 2.11. The molecule has 0 spiro atoms. The predicted octanol–water partition coefficient (Wildman–Crippen LogP) is -0.495. The van der Waals surface area contributed by atoms with E-state index in [4.69, 9.17) is 18.9 Å². The molecule has 2 atom stereocenters. The highest BCUT2D eigenvalue weighted by Gasteiger charge is 2.31. The van der Waals surface area contributed by atoms with Gasteiger partial charge < -0.3 is 18.9 Å². The monoisotopic (exact) mass is 162 g/mol. The third-order valence-corrected chi connectivity index (χ3v) is 1.30. The first-order valence-electron chi connectivity index (χ1n) is 3.14. The van der Waals surface area contributed by atoms with Crippen LogP contribution in [-0.2, 0) is 23.7 Å².